The molecule has 2 saturated heterocycles. The molecule has 1 unspecified atom stereocenters. The van der Waals surface area contributed by atoms with Crippen LogP contribution in [-0.2, 0) is 4.79 Å². The molecule has 0 aromatic rings. The molecule has 1 N–H and O–H groups in total. The quantitative estimate of drug-likeness (QED) is 0.465. The summed E-state index contributed by atoms with van der Waals surface area (Å²) in [6.45, 7) is 3.77. The van der Waals surface area contributed by atoms with Gasteiger partial charge in [-0.15, -0.1) is 0 Å². The second-order valence-electron chi connectivity index (χ2n) is 3.39. The second-order valence-corrected chi connectivity index (χ2v) is 3.39. The number of hydrogen-bond acceptors (Lipinski definition) is 4. The maximum atomic E-state index is 11.4. The maximum absolute atomic E-state index is 11.4. The molecule has 0 aliphatic carbocycles. The monoisotopic (exact) mass is 180 g/mol. The normalized spacial score (nSPS) is 29.0. The highest BCUT2D eigenvalue weighted by Crippen LogP contribution is 2.11. The van der Waals surface area contributed by atoms with Gasteiger partial charge in [0.05, 0.1) is 6.54 Å². The van der Waals surface area contributed by atoms with Gasteiger partial charge in [0.1, 0.15) is 6.04 Å². The fourth-order valence-electron chi connectivity index (χ4n) is 1.87. The van der Waals surface area contributed by atoms with Crippen LogP contribution < -0.4 is 5.32 Å². The van der Waals surface area contributed by atoms with Gasteiger partial charge in [-0.1, -0.05) is 0 Å². The van der Waals surface area contributed by atoms with Crippen LogP contribution in [0.4, 0.5) is 0 Å². The number of amides is 1. The lowest BCUT2D eigenvalue weighted by Gasteiger charge is -2.41. The Morgan fingerprint density at radius 3 is 3.08 bits per heavy atom. The molecule has 2 aliphatic rings. The van der Waals surface area contributed by atoms with Gasteiger partial charge in [-0.3, -0.25) is 9.69 Å². The van der Waals surface area contributed by atoms with Crippen LogP contribution in [0.3, 0.4) is 0 Å². The van der Waals surface area contributed by atoms with Crippen LogP contribution >= 0.6 is 0 Å². The van der Waals surface area contributed by atoms with E-state index in [9.17, 15) is 4.79 Å². The highest BCUT2D eigenvalue weighted by Gasteiger charge is 2.34. The average molecular weight is 180 g/mol. The molecular weight excluding hydrogens is 168 g/mol. The molecule has 0 aromatic heterocycles. The van der Waals surface area contributed by atoms with Crippen LogP contribution in [0.5, 0.6) is 0 Å². The highest BCUT2D eigenvalue weighted by molar-refractivity contribution is 5.82. The van der Waals surface area contributed by atoms with Gasteiger partial charge in [-0.2, -0.15) is 5.26 Å². The minimum Gasteiger partial charge on any atom is -0.353 e. The van der Waals surface area contributed by atoms with E-state index in [4.69, 9.17) is 5.26 Å². The summed E-state index contributed by atoms with van der Waals surface area (Å²) in [5, 5.41) is 11.5. The van der Waals surface area contributed by atoms with Gasteiger partial charge in [0.15, 0.2) is 6.19 Å². The first-order valence-corrected chi connectivity index (χ1v) is 4.47. The topological polar surface area (TPSA) is 59.4 Å². The van der Waals surface area contributed by atoms with Crippen molar-refractivity contribution >= 4 is 5.91 Å². The number of nitrogens with zero attached hydrogens (tertiary/aromatic N) is 3. The molecule has 2 heterocycles. The Hall–Kier alpha value is -1.28. The summed E-state index contributed by atoms with van der Waals surface area (Å²) in [7, 11) is 0. The van der Waals surface area contributed by atoms with Crippen molar-refractivity contribution in [3.8, 4) is 6.19 Å². The molecule has 2 aliphatic heterocycles. The van der Waals surface area contributed by atoms with E-state index in [1.54, 1.807) is 4.90 Å². The molecule has 70 valence electrons. The Morgan fingerprint density at radius 2 is 2.31 bits per heavy atom. The zero-order valence-electron chi connectivity index (χ0n) is 7.36. The molecule has 2 rings (SSSR count). The first-order valence-electron chi connectivity index (χ1n) is 4.47. The molecular formula is C8H12N4O. The van der Waals surface area contributed by atoms with Gasteiger partial charge in [-0.05, 0) is 0 Å². The van der Waals surface area contributed by atoms with Crippen LogP contribution in [-0.4, -0.2) is 54.5 Å². The summed E-state index contributed by atoms with van der Waals surface area (Å²) >= 11 is 0. The Kier molecular flexibility index (Phi) is 2.07. The number of nitrogens with one attached hydrogen (secondary N) is 1. The van der Waals surface area contributed by atoms with Crippen molar-refractivity contribution in [1.29, 1.82) is 5.26 Å². The Morgan fingerprint density at radius 1 is 1.46 bits per heavy atom. The number of rotatable bonds is 0. The average Bonchev–Trinajstić information content (AvgIpc) is 2.18. The van der Waals surface area contributed by atoms with E-state index < -0.39 is 0 Å². The second kappa shape index (κ2) is 3.23. The van der Waals surface area contributed by atoms with E-state index in [1.807, 2.05) is 0 Å². The minimum absolute atomic E-state index is 0.0613. The highest BCUT2D eigenvalue weighted by atomic mass is 16.2. The third kappa shape index (κ3) is 1.45. The fraction of sp³-hybridized carbons (Fsp3) is 0.750. The maximum Gasteiger partial charge on any atom is 0.239 e. The summed E-state index contributed by atoms with van der Waals surface area (Å²) in [5.41, 5.74) is 0. The van der Waals surface area contributed by atoms with Crippen LogP contribution in [0.2, 0.25) is 0 Å². The van der Waals surface area contributed by atoms with E-state index in [1.165, 1.54) is 0 Å². The summed E-state index contributed by atoms with van der Waals surface area (Å²) in [4.78, 5) is 15.2. The van der Waals surface area contributed by atoms with Gasteiger partial charge in [0, 0.05) is 26.2 Å². The first-order chi connectivity index (χ1) is 6.31. The van der Waals surface area contributed by atoms with Crippen molar-refractivity contribution < 1.29 is 4.79 Å². The number of piperazine rings is 2. The third-order valence-corrected chi connectivity index (χ3v) is 2.63. The zero-order valence-corrected chi connectivity index (χ0v) is 7.36. The lowest BCUT2D eigenvalue weighted by molar-refractivity contribution is -0.131. The molecule has 0 bridgehead atoms. The van der Waals surface area contributed by atoms with Crippen LogP contribution in [0.1, 0.15) is 0 Å². The van der Waals surface area contributed by atoms with Crippen LogP contribution in [0, 0.1) is 11.5 Å². The van der Waals surface area contributed by atoms with Crippen molar-refractivity contribution in [2.75, 3.05) is 32.7 Å². The SMILES string of the molecule is N#CN1CCN2CCNC(=O)C2C1. The summed E-state index contributed by atoms with van der Waals surface area (Å²) in [6.07, 6.45) is 2.08. The van der Waals surface area contributed by atoms with Crippen molar-refractivity contribution in [2.24, 2.45) is 0 Å². The predicted molar refractivity (Wildman–Crippen MR) is 45.6 cm³/mol. The van der Waals surface area contributed by atoms with E-state index in [0.717, 1.165) is 26.2 Å². The number of carbonyl (C=O) groups excluding carboxylic acids is 1. The predicted octanol–water partition coefficient (Wildman–Crippen LogP) is -1.42. The van der Waals surface area contributed by atoms with Crippen molar-refractivity contribution in [1.82, 2.24) is 15.1 Å². The molecule has 2 fully saturated rings. The van der Waals surface area contributed by atoms with E-state index in [-0.39, 0.29) is 11.9 Å². The number of carbonyl (C=O) groups is 1. The smallest absolute Gasteiger partial charge is 0.239 e. The van der Waals surface area contributed by atoms with Gasteiger partial charge < -0.3 is 10.2 Å². The Bertz CT molecular complexity index is 259. The molecule has 5 nitrogen and oxygen atoms in total. The van der Waals surface area contributed by atoms with E-state index >= 15 is 0 Å². The minimum atomic E-state index is -0.109. The van der Waals surface area contributed by atoms with Crippen LogP contribution in [0.15, 0.2) is 0 Å². The van der Waals surface area contributed by atoms with Gasteiger partial charge in [0.2, 0.25) is 5.91 Å². The molecule has 13 heavy (non-hydrogen) atoms. The van der Waals surface area contributed by atoms with Gasteiger partial charge in [-0.25, -0.2) is 0 Å². The number of nitriles is 1. The van der Waals surface area contributed by atoms with Gasteiger partial charge >= 0.3 is 0 Å². The summed E-state index contributed by atoms with van der Waals surface area (Å²) in [6, 6.07) is -0.109. The number of hydrogen-bond donors (Lipinski definition) is 1. The Labute approximate surface area is 76.9 Å². The summed E-state index contributed by atoms with van der Waals surface area (Å²) in [5.74, 6) is 0.0613. The largest absolute Gasteiger partial charge is 0.353 e. The zero-order chi connectivity index (χ0) is 9.26. The molecule has 1 atom stereocenters. The van der Waals surface area contributed by atoms with Crippen molar-refractivity contribution in [3.63, 3.8) is 0 Å². The van der Waals surface area contributed by atoms with Crippen molar-refractivity contribution in [3.05, 3.63) is 0 Å². The van der Waals surface area contributed by atoms with E-state index in [2.05, 4.69) is 16.4 Å². The molecule has 0 saturated carbocycles. The van der Waals surface area contributed by atoms with Crippen LogP contribution in [0.25, 0.3) is 0 Å². The molecule has 0 aromatic carbocycles. The lowest BCUT2D eigenvalue weighted by Crippen LogP contribution is -2.63. The standard InChI is InChI=1S/C8H12N4O/c9-6-11-3-4-12-2-1-10-8(13)7(12)5-11/h7H,1-5H2,(H,10,13). The van der Waals surface area contributed by atoms with E-state index in [0.29, 0.717) is 6.54 Å². The molecule has 0 spiro atoms. The molecule has 5 heteroatoms. The third-order valence-electron chi connectivity index (χ3n) is 2.63. The number of fused-ring (bicyclic) bond motifs is 1. The Balaban J connectivity index is 2.06. The first kappa shape index (κ1) is 8.32. The lowest BCUT2D eigenvalue weighted by atomic mass is 10.1. The van der Waals surface area contributed by atoms with Crippen molar-refractivity contribution in [2.45, 2.75) is 6.04 Å². The fourth-order valence-corrected chi connectivity index (χ4v) is 1.87. The molecule has 1 amide bonds. The van der Waals surface area contributed by atoms with Gasteiger partial charge in [0.25, 0.3) is 0 Å². The summed E-state index contributed by atoms with van der Waals surface area (Å²) < 4.78 is 0. The molecule has 0 radical (unpaired) electrons.